The van der Waals surface area contributed by atoms with Gasteiger partial charge < -0.3 is 5.73 Å². The Hall–Kier alpha value is 1.09. The zero-order valence-electron chi connectivity index (χ0n) is 7.64. The maximum atomic E-state index is 6.20. The molecule has 0 aliphatic rings. The van der Waals surface area contributed by atoms with Gasteiger partial charge in [0.1, 0.15) is 4.34 Å². The number of rotatable bonds is 2. The van der Waals surface area contributed by atoms with Gasteiger partial charge in [0, 0.05) is 14.9 Å². The summed E-state index contributed by atoms with van der Waals surface area (Å²) in [7, 11) is 0. The van der Waals surface area contributed by atoms with Gasteiger partial charge in [-0.3, -0.25) is 0 Å². The van der Waals surface area contributed by atoms with Crippen LogP contribution in [-0.2, 0) is 0 Å². The molecule has 7 heteroatoms. The van der Waals surface area contributed by atoms with Crippen molar-refractivity contribution < 1.29 is 0 Å². The fourth-order valence-electron chi connectivity index (χ4n) is 1.23. The Morgan fingerprint density at radius 1 is 1.19 bits per heavy atom. The molecule has 1 nitrogen and oxygen atoms in total. The second-order valence-corrected chi connectivity index (χ2v) is 9.32. The zero-order chi connectivity index (χ0) is 11.9. The summed E-state index contributed by atoms with van der Waals surface area (Å²) in [6.07, 6.45) is 0. The second-order valence-electron chi connectivity index (χ2n) is 3.03. The van der Waals surface area contributed by atoms with Crippen molar-refractivity contribution in [3.05, 3.63) is 39.0 Å². The first-order valence-corrected chi connectivity index (χ1v) is 8.53. The molecular formula is C9H5Br3ClNS2. The van der Waals surface area contributed by atoms with Gasteiger partial charge >= 0.3 is 0 Å². The lowest BCUT2D eigenvalue weighted by molar-refractivity contribution is 0.894. The van der Waals surface area contributed by atoms with Gasteiger partial charge in [-0.15, -0.1) is 22.7 Å². The van der Waals surface area contributed by atoms with Crippen LogP contribution in [0.2, 0.25) is 4.34 Å². The Kier molecular flexibility index (Phi) is 4.55. The molecule has 16 heavy (non-hydrogen) atoms. The van der Waals surface area contributed by atoms with E-state index in [4.69, 9.17) is 17.3 Å². The average Bonchev–Trinajstić information content (AvgIpc) is 2.70. The van der Waals surface area contributed by atoms with Crippen LogP contribution in [0.4, 0.5) is 0 Å². The van der Waals surface area contributed by atoms with E-state index in [2.05, 4.69) is 47.8 Å². The molecule has 0 aliphatic carbocycles. The van der Waals surface area contributed by atoms with Crippen LogP contribution in [0, 0.1) is 0 Å². The summed E-state index contributed by atoms with van der Waals surface area (Å²) < 4.78 is 3.74. The summed E-state index contributed by atoms with van der Waals surface area (Å²) in [5.41, 5.74) is 7.27. The molecule has 2 heterocycles. The predicted octanol–water partition coefficient (Wildman–Crippen LogP) is 5.80. The van der Waals surface area contributed by atoms with Crippen molar-refractivity contribution in [3.63, 3.8) is 0 Å². The summed E-state index contributed by atoms with van der Waals surface area (Å²) in [5, 5.41) is 0. The molecule has 0 radical (unpaired) electrons. The van der Waals surface area contributed by atoms with Crippen LogP contribution >= 0.6 is 82.1 Å². The SMILES string of the molecule is NC(c1cc(Br)c(Cl)s1)c1cc(Br)sc1Br. The van der Waals surface area contributed by atoms with Gasteiger partial charge in [0.2, 0.25) is 0 Å². The number of hydrogen-bond donors (Lipinski definition) is 1. The molecule has 2 N–H and O–H groups in total. The Morgan fingerprint density at radius 3 is 2.31 bits per heavy atom. The van der Waals surface area contributed by atoms with Crippen molar-refractivity contribution in [1.82, 2.24) is 0 Å². The third-order valence-electron chi connectivity index (χ3n) is 1.99. The number of halogens is 4. The Balaban J connectivity index is 2.38. The maximum absolute atomic E-state index is 6.20. The minimum absolute atomic E-state index is 0.147. The number of thiophene rings is 2. The molecule has 2 rings (SSSR count). The highest BCUT2D eigenvalue weighted by Crippen LogP contribution is 2.41. The highest BCUT2D eigenvalue weighted by atomic mass is 79.9. The van der Waals surface area contributed by atoms with Gasteiger partial charge in [-0.1, -0.05) is 11.6 Å². The van der Waals surface area contributed by atoms with E-state index >= 15 is 0 Å². The van der Waals surface area contributed by atoms with Gasteiger partial charge in [-0.2, -0.15) is 0 Å². The number of nitrogens with two attached hydrogens (primary N) is 1. The van der Waals surface area contributed by atoms with Crippen LogP contribution in [-0.4, -0.2) is 0 Å². The van der Waals surface area contributed by atoms with E-state index in [1.165, 1.54) is 11.3 Å². The smallest absolute Gasteiger partial charge is 0.107 e. The van der Waals surface area contributed by atoms with Gasteiger partial charge in [0.05, 0.1) is 13.6 Å². The van der Waals surface area contributed by atoms with E-state index in [9.17, 15) is 0 Å². The summed E-state index contributed by atoms with van der Waals surface area (Å²) in [5.74, 6) is 0. The monoisotopic (exact) mass is 463 g/mol. The van der Waals surface area contributed by atoms with Crippen LogP contribution < -0.4 is 5.73 Å². The summed E-state index contributed by atoms with van der Waals surface area (Å²) in [6, 6.07) is 3.85. The molecular weight excluding hydrogens is 461 g/mol. The predicted molar refractivity (Wildman–Crippen MR) is 82.8 cm³/mol. The van der Waals surface area contributed by atoms with Gasteiger partial charge in [0.15, 0.2) is 0 Å². The highest BCUT2D eigenvalue weighted by molar-refractivity contribution is 9.12. The number of hydrogen-bond acceptors (Lipinski definition) is 3. The van der Waals surface area contributed by atoms with E-state index in [1.807, 2.05) is 12.1 Å². The normalized spacial score (nSPS) is 13.1. The first-order valence-electron chi connectivity index (χ1n) is 4.14. The lowest BCUT2D eigenvalue weighted by atomic mass is 10.1. The molecule has 1 unspecified atom stereocenters. The third-order valence-corrected chi connectivity index (χ3v) is 6.93. The minimum Gasteiger partial charge on any atom is -0.320 e. The first-order chi connectivity index (χ1) is 7.49. The van der Waals surface area contributed by atoms with Gasteiger partial charge in [-0.25, -0.2) is 0 Å². The molecule has 0 bridgehead atoms. The topological polar surface area (TPSA) is 26.0 Å². The Morgan fingerprint density at radius 2 is 1.88 bits per heavy atom. The molecule has 2 aromatic rings. The third kappa shape index (κ3) is 2.74. The van der Waals surface area contributed by atoms with Crippen molar-refractivity contribution in [2.45, 2.75) is 6.04 Å². The minimum atomic E-state index is -0.147. The van der Waals surface area contributed by atoms with Crippen LogP contribution in [0.3, 0.4) is 0 Å². The van der Waals surface area contributed by atoms with Crippen LogP contribution in [0.15, 0.2) is 24.2 Å². The summed E-state index contributed by atoms with van der Waals surface area (Å²) in [4.78, 5) is 1.04. The van der Waals surface area contributed by atoms with Crippen molar-refractivity contribution in [2.75, 3.05) is 0 Å². The molecule has 0 amide bonds. The van der Waals surface area contributed by atoms with E-state index in [1.54, 1.807) is 11.3 Å². The Labute approximate surface area is 131 Å². The Bertz CT molecular complexity index is 503. The van der Waals surface area contributed by atoms with Crippen LogP contribution in [0.5, 0.6) is 0 Å². The molecule has 0 aromatic carbocycles. The second kappa shape index (κ2) is 5.38. The fraction of sp³-hybridized carbons (Fsp3) is 0.111. The van der Waals surface area contributed by atoms with E-state index in [-0.39, 0.29) is 6.04 Å². The van der Waals surface area contributed by atoms with Crippen molar-refractivity contribution in [3.8, 4) is 0 Å². The molecule has 86 valence electrons. The van der Waals surface area contributed by atoms with E-state index in [0.29, 0.717) is 0 Å². The van der Waals surface area contributed by atoms with Gasteiger partial charge in [0.25, 0.3) is 0 Å². The zero-order valence-corrected chi connectivity index (χ0v) is 14.8. The summed E-state index contributed by atoms with van der Waals surface area (Å²) in [6.45, 7) is 0. The molecule has 0 fully saturated rings. The van der Waals surface area contributed by atoms with Crippen molar-refractivity contribution >= 4 is 82.1 Å². The first kappa shape index (κ1) is 13.5. The molecule has 0 saturated carbocycles. The van der Waals surface area contributed by atoms with Crippen molar-refractivity contribution in [2.24, 2.45) is 5.73 Å². The van der Waals surface area contributed by atoms with Crippen LogP contribution in [0.1, 0.15) is 16.5 Å². The average molecular weight is 466 g/mol. The molecule has 1 atom stereocenters. The van der Waals surface area contributed by atoms with Crippen molar-refractivity contribution in [1.29, 1.82) is 0 Å². The lowest BCUT2D eigenvalue weighted by Gasteiger charge is -2.07. The largest absolute Gasteiger partial charge is 0.320 e. The lowest BCUT2D eigenvalue weighted by Crippen LogP contribution is -2.09. The van der Waals surface area contributed by atoms with E-state index in [0.717, 1.165) is 26.8 Å². The molecule has 0 saturated heterocycles. The van der Waals surface area contributed by atoms with Crippen LogP contribution in [0.25, 0.3) is 0 Å². The quantitative estimate of drug-likeness (QED) is 0.595. The molecule has 2 aromatic heterocycles. The molecule has 0 spiro atoms. The summed E-state index contributed by atoms with van der Waals surface area (Å²) >= 11 is 19.5. The standard InChI is InChI=1S/C9H5Br3ClNS2/c10-4-2-5(15-9(4)13)7(14)3-1-6(11)16-8(3)12/h1-2,7H,14H2. The fourth-order valence-corrected chi connectivity index (χ4v) is 5.92. The van der Waals surface area contributed by atoms with Gasteiger partial charge in [-0.05, 0) is 59.9 Å². The highest BCUT2D eigenvalue weighted by Gasteiger charge is 2.18. The van der Waals surface area contributed by atoms with E-state index < -0.39 is 0 Å². The maximum Gasteiger partial charge on any atom is 0.107 e. The molecule has 0 aliphatic heterocycles.